The number of aromatic nitrogens is 3. The summed E-state index contributed by atoms with van der Waals surface area (Å²) in [5.74, 6) is -0.0222. The number of piperidine rings is 1. The van der Waals surface area contributed by atoms with Crippen molar-refractivity contribution < 1.29 is 19.1 Å². The van der Waals surface area contributed by atoms with E-state index in [0.29, 0.717) is 42.3 Å². The lowest BCUT2D eigenvalue weighted by Crippen LogP contribution is -2.43. The molecule has 2 unspecified atom stereocenters. The van der Waals surface area contributed by atoms with Gasteiger partial charge in [0.25, 0.3) is 5.91 Å². The summed E-state index contributed by atoms with van der Waals surface area (Å²) in [4.78, 5) is 38.0. The van der Waals surface area contributed by atoms with E-state index in [1.807, 2.05) is 6.92 Å². The SMILES string of the molecule is C=CC(=O)N1CCCC(Oc2cnc3[nH]cc(C(=O)NC(CC)COC)c3n2)C1. The molecule has 1 aliphatic rings. The number of nitrogens with zero attached hydrogens (tertiary/aromatic N) is 3. The van der Waals surface area contributed by atoms with E-state index in [9.17, 15) is 9.59 Å². The van der Waals surface area contributed by atoms with Crippen LogP contribution in [0, 0.1) is 0 Å². The minimum Gasteiger partial charge on any atom is -0.471 e. The summed E-state index contributed by atoms with van der Waals surface area (Å²) in [7, 11) is 1.60. The van der Waals surface area contributed by atoms with Gasteiger partial charge >= 0.3 is 0 Å². The van der Waals surface area contributed by atoms with Gasteiger partial charge in [-0.1, -0.05) is 13.5 Å². The molecular weight excluding hydrogens is 374 g/mol. The van der Waals surface area contributed by atoms with Crippen molar-refractivity contribution in [1.29, 1.82) is 0 Å². The Bertz CT molecular complexity index is 881. The maximum Gasteiger partial charge on any atom is 0.255 e. The first-order valence-electron chi connectivity index (χ1n) is 9.77. The number of amides is 2. The van der Waals surface area contributed by atoms with Crippen LogP contribution in [0.2, 0.25) is 0 Å². The minimum atomic E-state index is -0.243. The van der Waals surface area contributed by atoms with Crippen LogP contribution in [0.3, 0.4) is 0 Å². The van der Waals surface area contributed by atoms with E-state index in [4.69, 9.17) is 9.47 Å². The molecule has 156 valence electrons. The Morgan fingerprint density at radius 1 is 1.52 bits per heavy atom. The molecule has 1 aliphatic heterocycles. The van der Waals surface area contributed by atoms with Crippen molar-refractivity contribution in [2.75, 3.05) is 26.8 Å². The molecule has 2 atom stereocenters. The van der Waals surface area contributed by atoms with Gasteiger partial charge in [-0.15, -0.1) is 0 Å². The zero-order valence-corrected chi connectivity index (χ0v) is 16.8. The van der Waals surface area contributed by atoms with Crippen molar-refractivity contribution in [2.24, 2.45) is 0 Å². The third-order valence-electron chi connectivity index (χ3n) is 4.95. The molecule has 29 heavy (non-hydrogen) atoms. The maximum absolute atomic E-state index is 12.7. The van der Waals surface area contributed by atoms with Crippen molar-refractivity contribution in [3.05, 3.63) is 30.6 Å². The average molecular weight is 401 g/mol. The molecule has 9 heteroatoms. The molecule has 2 aromatic rings. The zero-order chi connectivity index (χ0) is 20.8. The average Bonchev–Trinajstić information content (AvgIpc) is 3.16. The lowest BCUT2D eigenvalue weighted by Gasteiger charge is -2.31. The summed E-state index contributed by atoms with van der Waals surface area (Å²) in [6.45, 7) is 7.12. The number of aromatic amines is 1. The van der Waals surface area contributed by atoms with Gasteiger partial charge in [0.2, 0.25) is 11.8 Å². The Balaban J connectivity index is 1.74. The van der Waals surface area contributed by atoms with Crippen LogP contribution in [0.25, 0.3) is 11.2 Å². The molecule has 0 aromatic carbocycles. The van der Waals surface area contributed by atoms with Gasteiger partial charge in [0.05, 0.1) is 31.0 Å². The highest BCUT2D eigenvalue weighted by molar-refractivity contribution is 6.04. The summed E-state index contributed by atoms with van der Waals surface area (Å²) in [6.07, 6.45) is 6.66. The fourth-order valence-corrected chi connectivity index (χ4v) is 3.37. The Hall–Kier alpha value is -2.94. The number of fused-ring (bicyclic) bond motifs is 1. The highest BCUT2D eigenvalue weighted by Crippen LogP contribution is 2.21. The summed E-state index contributed by atoms with van der Waals surface area (Å²) in [5.41, 5.74) is 1.36. The summed E-state index contributed by atoms with van der Waals surface area (Å²) in [6, 6.07) is -0.0829. The number of ether oxygens (including phenoxy) is 2. The zero-order valence-electron chi connectivity index (χ0n) is 16.8. The van der Waals surface area contributed by atoms with Crippen LogP contribution < -0.4 is 10.1 Å². The van der Waals surface area contributed by atoms with Gasteiger partial charge in [-0.25, -0.2) is 9.97 Å². The number of carbonyl (C=O) groups is 2. The van der Waals surface area contributed by atoms with Crippen LogP contribution in [-0.4, -0.2) is 70.6 Å². The second kappa shape index (κ2) is 9.51. The topological polar surface area (TPSA) is 109 Å². The predicted molar refractivity (Wildman–Crippen MR) is 108 cm³/mol. The van der Waals surface area contributed by atoms with Gasteiger partial charge in [-0.2, -0.15) is 0 Å². The van der Waals surface area contributed by atoms with E-state index >= 15 is 0 Å². The fraction of sp³-hybridized carbons (Fsp3) is 0.500. The van der Waals surface area contributed by atoms with E-state index in [1.54, 1.807) is 18.2 Å². The molecule has 1 fully saturated rings. The molecule has 2 aromatic heterocycles. The molecule has 0 saturated carbocycles. The van der Waals surface area contributed by atoms with Gasteiger partial charge in [-0.3, -0.25) is 9.59 Å². The molecule has 0 spiro atoms. The highest BCUT2D eigenvalue weighted by Gasteiger charge is 2.24. The Kier molecular flexibility index (Phi) is 6.82. The highest BCUT2D eigenvalue weighted by atomic mass is 16.5. The van der Waals surface area contributed by atoms with Gasteiger partial charge < -0.3 is 24.7 Å². The Morgan fingerprint density at radius 3 is 3.07 bits per heavy atom. The van der Waals surface area contributed by atoms with Crippen LogP contribution in [0.1, 0.15) is 36.5 Å². The van der Waals surface area contributed by atoms with Crippen LogP contribution in [0.4, 0.5) is 0 Å². The largest absolute Gasteiger partial charge is 0.471 e. The quantitative estimate of drug-likeness (QED) is 0.651. The monoisotopic (exact) mass is 401 g/mol. The fourth-order valence-electron chi connectivity index (χ4n) is 3.37. The first kappa shape index (κ1) is 20.8. The third kappa shape index (κ3) is 4.92. The van der Waals surface area contributed by atoms with Gasteiger partial charge in [0.1, 0.15) is 11.6 Å². The van der Waals surface area contributed by atoms with Gasteiger partial charge in [0.15, 0.2) is 5.65 Å². The van der Waals surface area contributed by atoms with E-state index in [0.717, 1.165) is 19.3 Å². The first-order chi connectivity index (χ1) is 14.0. The number of methoxy groups -OCH3 is 1. The predicted octanol–water partition coefficient (Wildman–Crippen LogP) is 1.67. The van der Waals surface area contributed by atoms with Crippen molar-refractivity contribution in [3.8, 4) is 5.88 Å². The molecule has 0 bridgehead atoms. The van der Waals surface area contributed by atoms with Gasteiger partial charge in [-0.05, 0) is 25.3 Å². The number of nitrogens with one attached hydrogen (secondary N) is 2. The third-order valence-corrected chi connectivity index (χ3v) is 4.95. The molecule has 9 nitrogen and oxygen atoms in total. The molecule has 3 heterocycles. The van der Waals surface area contributed by atoms with Crippen molar-refractivity contribution in [2.45, 2.75) is 38.3 Å². The lowest BCUT2D eigenvalue weighted by molar-refractivity contribution is -0.128. The number of carbonyl (C=O) groups excluding carboxylic acids is 2. The van der Waals surface area contributed by atoms with Crippen LogP contribution in [-0.2, 0) is 9.53 Å². The van der Waals surface area contributed by atoms with E-state index in [2.05, 4.69) is 26.8 Å². The lowest BCUT2D eigenvalue weighted by atomic mass is 10.1. The number of H-pyrrole nitrogens is 1. The summed E-state index contributed by atoms with van der Waals surface area (Å²) >= 11 is 0. The molecule has 2 N–H and O–H groups in total. The first-order valence-corrected chi connectivity index (χ1v) is 9.77. The minimum absolute atomic E-state index is 0.0829. The number of likely N-dealkylation sites (tertiary alicyclic amines) is 1. The van der Waals surface area contributed by atoms with E-state index < -0.39 is 0 Å². The van der Waals surface area contributed by atoms with Crippen LogP contribution >= 0.6 is 0 Å². The number of hydrogen-bond acceptors (Lipinski definition) is 6. The molecule has 2 amide bonds. The van der Waals surface area contributed by atoms with E-state index in [-0.39, 0.29) is 24.0 Å². The standard InChI is InChI=1S/C20H27N5O4/c1-4-13(12-28-3)23-20(27)15-9-21-19-18(15)24-16(10-22-19)29-14-7-6-8-25(11-14)17(26)5-2/h5,9-10,13-14H,2,4,6-8,11-12H2,1,3H3,(H,21,22)(H,23,27). The second-order valence-corrected chi connectivity index (χ2v) is 7.01. The van der Waals surface area contributed by atoms with Crippen LogP contribution in [0.5, 0.6) is 5.88 Å². The summed E-state index contributed by atoms with van der Waals surface area (Å²) < 4.78 is 11.1. The molecule has 0 radical (unpaired) electrons. The number of hydrogen-bond donors (Lipinski definition) is 2. The molecule has 1 saturated heterocycles. The summed E-state index contributed by atoms with van der Waals surface area (Å²) in [5, 5.41) is 2.94. The van der Waals surface area contributed by atoms with Gasteiger partial charge in [0, 0.05) is 19.9 Å². The normalized spacial score (nSPS) is 17.7. The molecule has 3 rings (SSSR count). The van der Waals surface area contributed by atoms with Crippen molar-refractivity contribution >= 4 is 23.0 Å². The number of rotatable bonds is 8. The maximum atomic E-state index is 12.7. The Morgan fingerprint density at radius 2 is 2.34 bits per heavy atom. The smallest absolute Gasteiger partial charge is 0.255 e. The van der Waals surface area contributed by atoms with Crippen LogP contribution in [0.15, 0.2) is 25.0 Å². The van der Waals surface area contributed by atoms with Crippen molar-refractivity contribution in [1.82, 2.24) is 25.2 Å². The van der Waals surface area contributed by atoms with E-state index in [1.165, 1.54) is 12.3 Å². The molecular formula is C20H27N5O4. The molecule has 0 aliphatic carbocycles. The Labute approximate surface area is 169 Å². The second-order valence-electron chi connectivity index (χ2n) is 7.01. The van der Waals surface area contributed by atoms with Crippen molar-refractivity contribution in [3.63, 3.8) is 0 Å².